The Morgan fingerprint density at radius 2 is 1.61 bits per heavy atom. The SMILES string of the molecule is CN(C)C(C)(C)CNCC(C)(O)c1ccccc1. The highest BCUT2D eigenvalue weighted by Crippen LogP contribution is 2.19. The fourth-order valence-electron chi connectivity index (χ4n) is 1.67. The van der Waals surface area contributed by atoms with Gasteiger partial charge in [-0.05, 0) is 40.4 Å². The van der Waals surface area contributed by atoms with Gasteiger partial charge in [-0.2, -0.15) is 0 Å². The fraction of sp³-hybridized carbons (Fsp3) is 0.600. The van der Waals surface area contributed by atoms with Crippen LogP contribution in [-0.4, -0.2) is 42.7 Å². The van der Waals surface area contributed by atoms with Crippen molar-refractivity contribution in [3.63, 3.8) is 0 Å². The van der Waals surface area contributed by atoms with Gasteiger partial charge >= 0.3 is 0 Å². The molecule has 0 saturated carbocycles. The summed E-state index contributed by atoms with van der Waals surface area (Å²) in [6, 6.07) is 9.78. The maximum absolute atomic E-state index is 10.4. The molecule has 1 atom stereocenters. The first-order chi connectivity index (χ1) is 8.26. The van der Waals surface area contributed by atoms with Crippen LogP contribution < -0.4 is 5.32 Å². The minimum atomic E-state index is -0.830. The molecule has 2 N–H and O–H groups in total. The largest absolute Gasteiger partial charge is 0.384 e. The van der Waals surface area contributed by atoms with Gasteiger partial charge in [0.1, 0.15) is 0 Å². The Bertz CT molecular complexity index is 358. The van der Waals surface area contributed by atoms with Crippen LogP contribution in [0.2, 0.25) is 0 Å². The first kappa shape index (κ1) is 15.2. The van der Waals surface area contributed by atoms with Crippen LogP contribution in [-0.2, 0) is 5.60 Å². The van der Waals surface area contributed by atoms with E-state index < -0.39 is 5.60 Å². The third kappa shape index (κ3) is 4.09. The maximum Gasteiger partial charge on any atom is 0.0992 e. The van der Waals surface area contributed by atoms with E-state index in [1.54, 1.807) is 0 Å². The molecule has 3 heteroatoms. The van der Waals surface area contributed by atoms with Crippen LogP contribution in [0.1, 0.15) is 26.3 Å². The number of aliphatic hydroxyl groups is 1. The van der Waals surface area contributed by atoms with Gasteiger partial charge in [-0.25, -0.2) is 0 Å². The first-order valence-corrected chi connectivity index (χ1v) is 6.42. The molecule has 0 aliphatic rings. The maximum atomic E-state index is 10.4. The number of nitrogens with one attached hydrogen (secondary N) is 1. The standard InChI is InChI=1S/C15H26N2O/c1-14(2,17(4)5)11-16-12-15(3,18)13-9-7-6-8-10-13/h6-10,16,18H,11-12H2,1-5H3. The van der Waals surface area contributed by atoms with Crippen LogP contribution >= 0.6 is 0 Å². The summed E-state index contributed by atoms with van der Waals surface area (Å²) in [4.78, 5) is 2.18. The summed E-state index contributed by atoms with van der Waals surface area (Å²) < 4.78 is 0. The van der Waals surface area contributed by atoms with Gasteiger partial charge in [0, 0.05) is 18.6 Å². The van der Waals surface area contributed by atoms with Crippen molar-refractivity contribution in [3.8, 4) is 0 Å². The molecule has 0 amide bonds. The molecule has 3 nitrogen and oxygen atoms in total. The van der Waals surface area contributed by atoms with Crippen molar-refractivity contribution in [2.45, 2.75) is 31.9 Å². The number of likely N-dealkylation sites (N-methyl/N-ethyl adjacent to an activating group) is 1. The molecular formula is C15H26N2O. The van der Waals surface area contributed by atoms with E-state index in [1.807, 2.05) is 37.3 Å². The lowest BCUT2D eigenvalue weighted by Gasteiger charge is -2.34. The number of hydrogen-bond acceptors (Lipinski definition) is 3. The number of nitrogens with zero attached hydrogens (tertiary/aromatic N) is 1. The Morgan fingerprint density at radius 3 is 2.11 bits per heavy atom. The van der Waals surface area contributed by atoms with Gasteiger partial charge in [-0.3, -0.25) is 0 Å². The van der Waals surface area contributed by atoms with Crippen molar-refractivity contribution in [2.75, 3.05) is 27.2 Å². The smallest absolute Gasteiger partial charge is 0.0992 e. The molecule has 0 spiro atoms. The predicted molar refractivity (Wildman–Crippen MR) is 76.6 cm³/mol. The third-order valence-electron chi connectivity index (χ3n) is 3.63. The molecule has 1 aromatic rings. The van der Waals surface area contributed by atoms with Crippen molar-refractivity contribution >= 4 is 0 Å². The normalized spacial score (nSPS) is 15.7. The van der Waals surface area contributed by atoms with E-state index in [2.05, 4.69) is 38.2 Å². The van der Waals surface area contributed by atoms with E-state index in [1.165, 1.54) is 0 Å². The zero-order valence-corrected chi connectivity index (χ0v) is 12.2. The molecule has 1 rings (SSSR count). The Balaban J connectivity index is 2.53. The van der Waals surface area contributed by atoms with E-state index in [4.69, 9.17) is 0 Å². The lowest BCUT2D eigenvalue weighted by atomic mass is 9.95. The highest BCUT2D eigenvalue weighted by Gasteiger charge is 2.25. The Morgan fingerprint density at radius 1 is 1.06 bits per heavy atom. The van der Waals surface area contributed by atoms with Crippen LogP contribution in [0.4, 0.5) is 0 Å². The van der Waals surface area contributed by atoms with E-state index in [0.717, 1.165) is 12.1 Å². The Hall–Kier alpha value is -0.900. The predicted octanol–water partition coefficient (Wildman–Crippen LogP) is 1.82. The van der Waals surface area contributed by atoms with Crippen molar-refractivity contribution in [2.24, 2.45) is 0 Å². The summed E-state index contributed by atoms with van der Waals surface area (Å²) in [7, 11) is 4.13. The second-order valence-electron chi connectivity index (χ2n) is 5.95. The lowest BCUT2D eigenvalue weighted by Crippen LogP contribution is -2.49. The topological polar surface area (TPSA) is 35.5 Å². The molecule has 1 unspecified atom stereocenters. The zero-order chi connectivity index (χ0) is 13.8. The molecule has 1 aromatic carbocycles. The summed E-state index contributed by atoms with van der Waals surface area (Å²) in [5.41, 5.74) is 0.191. The van der Waals surface area contributed by atoms with Crippen LogP contribution in [0.25, 0.3) is 0 Å². The molecule has 0 heterocycles. The minimum Gasteiger partial charge on any atom is -0.384 e. The van der Waals surface area contributed by atoms with Gasteiger partial charge in [0.25, 0.3) is 0 Å². The van der Waals surface area contributed by atoms with E-state index in [9.17, 15) is 5.11 Å². The number of benzene rings is 1. The van der Waals surface area contributed by atoms with Gasteiger partial charge in [0.2, 0.25) is 0 Å². The molecule has 0 aliphatic heterocycles. The van der Waals surface area contributed by atoms with Crippen molar-refractivity contribution < 1.29 is 5.11 Å². The summed E-state index contributed by atoms with van der Waals surface area (Å²) in [6.45, 7) is 7.59. The van der Waals surface area contributed by atoms with Crippen LogP contribution in [0, 0.1) is 0 Å². The Labute approximate surface area is 111 Å². The van der Waals surface area contributed by atoms with E-state index in [0.29, 0.717) is 6.54 Å². The monoisotopic (exact) mass is 250 g/mol. The van der Waals surface area contributed by atoms with Gasteiger partial charge in [0.15, 0.2) is 0 Å². The fourth-order valence-corrected chi connectivity index (χ4v) is 1.67. The third-order valence-corrected chi connectivity index (χ3v) is 3.63. The summed E-state index contributed by atoms with van der Waals surface area (Å²) in [5, 5.41) is 13.8. The molecular weight excluding hydrogens is 224 g/mol. The van der Waals surface area contributed by atoms with Gasteiger partial charge < -0.3 is 15.3 Å². The molecule has 18 heavy (non-hydrogen) atoms. The molecule has 0 fully saturated rings. The van der Waals surface area contributed by atoms with Crippen molar-refractivity contribution in [1.82, 2.24) is 10.2 Å². The number of rotatable bonds is 6. The van der Waals surface area contributed by atoms with Crippen LogP contribution in [0.5, 0.6) is 0 Å². The van der Waals surface area contributed by atoms with Crippen molar-refractivity contribution in [1.29, 1.82) is 0 Å². The molecule has 0 aromatic heterocycles. The summed E-state index contributed by atoms with van der Waals surface area (Å²) in [5.74, 6) is 0. The van der Waals surface area contributed by atoms with E-state index in [-0.39, 0.29) is 5.54 Å². The summed E-state index contributed by atoms with van der Waals surface area (Å²) in [6.07, 6.45) is 0. The molecule has 0 saturated heterocycles. The summed E-state index contributed by atoms with van der Waals surface area (Å²) >= 11 is 0. The zero-order valence-electron chi connectivity index (χ0n) is 12.2. The van der Waals surface area contributed by atoms with Gasteiger partial charge in [-0.1, -0.05) is 30.3 Å². The number of hydrogen-bond donors (Lipinski definition) is 2. The van der Waals surface area contributed by atoms with Crippen molar-refractivity contribution in [3.05, 3.63) is 35.9 Å². The average Bonchev–Trinajstić information content (AvgIpc) is 2.29. The highest BCUT2D eigenvalue weighted by atomic mass is 16.3. The average molecular weight is 250 g/mol. The second-order valence-corrected chi connectivity index (χ2v) is 5.95. The molecule has 102 valence electrons. The lowest BCUT2D eigenvalue weighted by molar-refractivity contribution is 0.0524. The van der Waals surface area contributed by atoms with E-state index >= 15 is 0 Å². The molecule has 0 bridgehead atoms. The van der Waals surface area contributed by atoms with Crippen LogP contribution in [0.3, 0.4) is 0 Å². The molecule has 0 radical (unpaired) electrons. The highest BCUT2D eigenvalue weighted by molar-refractivity contribution is 5.21. The van der Waals surface area contributed by atoms with Crippen LogP contribution in [0.15, 0.2) is 30.3 Å². The second kappa shape index (κ2) is 5.83. The quantitative estimate of drug-likeness (QED) is 0.808. The van der Waals surface area contributed by atoms with Gasteiger partial charge in [0.05, 0.1) is 5.60 Å². The molecule has 0 aliphatic carbocycles. The Kier molecular flexibility index (Phi) is 4.91. The van der Waals surface area contributed by atoms with Gasteiger partial charge in [-0.15, -0.1) is 0 Å². The first-order valence-electron chi connectivity index (χ1n) is 6.42. The minimum absolute atomic E-state index is 0.0762.